The second-order valence-electron chi connectivity index (χ2n) is 5.56. The Labute approximate surface area is 123 Å². The second-order valence-corrected chi connectivity index (χ2v) is 5.56. The van der Waals surface area contributed by atoms with E-state index in [0.29, 0.717) is 18.6 Å². The molecule has 1 rings (SSSR count). The molecular formula is C18H28O2. The lowest BCUT2D eigenvalue weighted by atomic mass is 9.99. The molecule has 0 aliphatic heterocycles. The smallest absolute Gasteiger partial charge is 0.132 e. The molecule has 0 aromatic heterocycles. The number of Topliss-reactive ketones (excluding diaryl/α,β-unsaturated/α-hetero) is 1. The minimum absolute atomic E-state index is 0.382. The molecule has 2 nitrogen and oxygen atoms in total. The summed E-state index contributed by atoms with van der Waals surface area (Å²) < 4.78 is 5.89. The molecule has 20 heavy (non-hydrogen) atoms. The van der Waals surface area contributed by atoms with Gasteiger partial charge in [-0.3, -0.25) is 4.79 Å². The Hall–Kier alpha value is -1.31. The van der Waals surface area contributed by atoms with Gasteiger partial charge in [-0.1, -0.05) is 31.5 Å². The highest BCUT2D eigenvalue weighted by Crippen LogP contribution is 2.27. The first kappa shape index (κ1) is 16.7. The van der Waals surface area contributed by atoms with Gasteiger partial charge in [-0.25, -0.2) is 0 Å². The first-order valence-corrected chi connectivity index (χ1v) is 7.83. The van der Waals surface area contributed by atoms with Gasteiger partial charge >= 0.3 is 0 Å². The Balaban J connectivity index is 2.69. The molecule has 0 unspecified atom stereocenters. The van der Waals surface area contributed by atoms with Gasteiger partial charge in [-0.2, -0.15) is 0 Å². The number of carbonyl (C=O) groups excluding carboxylic acids is 1. The van der Waals surface area contributed by atoms with Crippen molar-refractivity contribution in [2.75, 3.05) is 6.61 Å². The summed E-state index contributed by atoms with van der Waals surface area (Å²) in [6, 6.07) is 4.36. The molecule has 0 amide bonds. The van der Waals surface area contributed by atoms with Gasteiger partial charge in [0.25, 0.3) is 0 Å². The van der Waals surface area contributed by atoms with E-state index in [1.807, 2.05) is 0 Å². The maximum atomic E-state index is 11.6. The number of rotatable bonds is 9. The SMILES string of the molecule is CCCOc1c(C)cc(C)cc1CCCC(=O)CCC. The van der Waals surface area contributed by atoms with Crippen LogP contribution in [0.3, 0.4) is 0 Å². The maximum Gasteiger partial charge on any atom is 0.132 e. The molecule has 2 heteroatoms. The molecule has 0 radical (unpaired) electrons. The highest BCUT2D eigenvalue weighted by atomic mass is 16.5. The number of hydrogen-bond acceptors (Lipinski definition) is 2. The lowest BCUT2D eigenvalue weighted by Crippen LogP contribution is -2.03. The van der Waals surface area contributed by atoms with Crippen LogP contribution in [0.25, 0.3) is 0 Å². The Morgan fingerprint density at radius 3 is 2.50 bits per heavy atom. The predicted molar refractivity (Wildman–Crippen MR) is 84.6 cm³/mol. The van der Waals surface area contributed by atoms with Gasteiger partial charge in [0.15, 0.2) is 0 Å². The van der Waals surface area contributed by atoms with Crippen LogP contribution >= 0.6 is 0 Å². The normalized spacial score (nSPS) is 10.6. The van der Waals surface area contributed by atoms with Gasteiger partial charge in [0.05, 0.1) is 6.61 Å². The summed E-state index contributed by atoms with van der Waals surface area (Å²) >= 11 is 0. The average molecular weight is 276 g/mol. The minimum atomic E-state index is 0.382. The van der Waals surface area contributed by atoms with Gasteiger partial charge in [0.1, 0.15) is 11.5 Å². The quantitative estimate of drug-likeness (QED) is 0.648. The molecule has 0 aliphatic rings. The summed E-state index contributed by atoms with van der Waals surface area (Å²) in [6.07, 6.45) is 5.22. The average Bonchev–Trinajstić information content (AvgIpc) is 2.38. The van der Waals surface area contributed by atoms with Crippen LogP contribution in [0.4, 0.5) is 0 Å². The molecule has 1 aromatic carbocycles. The number of carbonyl (C=O) groups is 1. The molecule has 0 atom stereocenters. The summed E-state index contributed by atoms with van der Waals surface area (Å²) in [7, 11) is 0. The minimum Gasteiger partial charge on any atom is -0.493 e. The zero-order valence-corrected chi connectivity index (χ0v) is 13.4. The summed E-state index contributed by atoms with van der Waals surface area (Å²) in [5, 5.41) is 0. The summed E-state index contributed by atoms with van der Waals surface area (Å²) in [6.45, 7) is 9.14. The fraction of sp³-hybridized carbons (Fsp3) is 0.611. The Kier molecular flexibility index (Phi) is 7.35. The first-order chi connectivity index (χ1) is 9.58. The van der Waals surface area contributed by atoms with Crippen molar-refractivity contribution in [1.29, 1.82) is 0 Å². The van der Waals surface area contributed by atoms with Crippen LogP contribution in [-0.2, 0) is 11.2 Å². The highest BCUT2D eigenvalue weighted by Gasteiger charge is 2.09. The number of hydrogen-bond donors (Lipinski definition) is 0. The van der Waals surface area contributed by atoms with E-state index in [4.69, 9.17) is 4.74 Å². The summed E-state index contributed by atoms with van der Waals surface area (Å²) in [5.41, 5.74) is 3.72. The maximum absolute atomic E-state index is 11.6. The lowest BCUT2D eigenvalue weighted by molar-refractivity contribution is -0.119. The molecule has 0 aliphatic carbocycles. The van der Waals surface area contributed by atoms with E-state index < -0.39 is 0 Å². The van der Waals surface area contributed by atoms with Crippen LogP contribution < -0.4 is 4.74 Å². The molecule has 112 valence electrons. The topological polar surface area (TPSA) is 26.3 Å². The molecule has 0 saturated heterocycles. The van der Waals surface area contributed by atoms with E-state index in [9.17, 15) is 4.79 Å². The van der Waals surface area contributed by atoms with Crippen molar-refractivity contribution in [3.8, 4) is 5.75 Å². The fourth-order valence-corrected chi connectivity index (χ4v) is 2.52. The standard InChI is InChI=1S/C18H28O2/c1-5-8-17(19)10-7-9-16-13-14(3)12-15(4)18(16)20-11-6-2/h12-13H,5-11H2,1-4H3. The van der Waals surface area contributed by atoms with Gasteiger partial charge in [0.2, 0.25) is 0 Å². The third-order valence-corrected chi connectivity index (χ3v) is 3.38. The molecule has 0 saturated carbocycles. The van der Waals surface area contributed by atoms with Crippen LogP contribution in [0.2, 0.25) is 0 Å². The third-order valence-electron chi connectivity index (χ3n) is 3.38. The Morgan fingerprint density at radius 1 is 1.10 bits per heavy atom. The van der Waals surface area contributed by atoms with Crippen LogP contribution in [0.1, 0.15) is 62.6 Å². The monoisotopic (exact) mass is 276 g/mol. The van der Waals surface area contributed by atoms with Crippen molar-refractivity contribution in [1.82, 2.24) is 0 Å². The van der Waals surface area contributed by atoms with Gasteiger partial charge in [0, 0.05) is 12.8 Å². The molecule has 1 aromatic rings. The number of aryl methyl sites for hydroxylation is 3. The first-order valence-electron chi connectivity index (χ1n) is 7.83. The van der Waals surface area contributed by atoms with E-state index in [1.165, 1.54) is 16.7 Å². The van der Waals surface area contributed by atoms with Crippen LogP contribution in [-0.4, -0.2) is 12.4 Å². The molecule has 0 spiro atoms. The largest absolute Gasteiger partial charge is 0.493 e. The van der Waals surface area contributed by atoms with Crippen molar-refractivity contribution in [2.45, 2.75) is 66.2 Å². The van der Waals surface area contributed by atoms with E-state index >= 15 is 0 Å². The number of ether oxygens (including phenoxy) is 1. The molecule has 0 bridgehead atoms. The zero-order chi connectivity index (χ0) is 15.0. The molecule has 0 fully saturated rings. The number of benzene rings is 1. The van der Waals surface area contributed by atoms with Crippen molar-refractivity contribution < 1.29 is 9.53 Å². The van der Waals surface area contributed by atoms with Gasteiger partial charge in [-0.15, -0.1) is 0 Å². The third kappa shape index (κ3) is 5.36. The fourth-order valence-electron chi connectivity index (χ4n) is 2.52. The second kappa shape index (κ2) is 8.78. The molecular weight excluding hydrogens is 248 g/mol. The summed E-state index contributed by atoms with van der Waals surface area (Å²) in [5.74, 6) is 1.41. The van der Waals surface area contributed by atoms with E-state index in [-0.39, 0.29) is 0 Å². The van der Waals surface area contributed by atoms with Crippen molar-refractivity contribution >= 4 is 5.78 Å². The van der Waals surface area contributed by atoms with E-state index in [0.717, 1.165) is 38.0 Å². The van der Waals surface area contributed by atoms with Crippen LogP contribution in [0, 0.1) is 13.8 Å². The molecule has 0 heterocycles. The highest BCUT2D eigenvalue weighted by molar-refractivity contribution is 5.78. The zero-order valence-electron chi connectivity index (χ0n) is 13.4. The van der Waals surface area contributed by atoms with E-state index in [2.05, 4.69) is 39.8 Å². The van der Waals surface area contributed by atoms with Crippen molar-refractivity contribution in [3.63, 3.8) is 0 Å². The van der Waals surface area contributed by atoms with Gasteiger partial charge < -0.3 is 4.74 Å². The van der Waals surface area contributed by atoms with Crippen LogP contribution in [0.5, 0.6) is 5.75 Å². The van der Waals surface area contributed by atoms with Crippen molar-refractivity contribution in [3.05, 3.63) is 28.8 Å². The van der Waals surface area contributed by atoms with Crippen molar-refractivity contribution in [2.24, 2.45) is 0 Å². The van der Waals surface area contributed by atoms with E-state index in [1.54, 1.807) is 0 Å². The summed E-state index contributed by atoms with van der Waals surface area (Å²) in [4.78, 5) is 11.6. The van der Waals surface area contributed by atoms with Crippen LogP contribution in [0.15, 0.2) is 12.1 Å². The lowest BCUT2D eigenvalue weighted by Gasteiger charge is -2.15. The van der Waals surface area contributed by atoms with Gasteiger partial charge in [-0.05, 0) is 50.7 Å². The Bertz CT molecular complexity index is 435. The molecule has 0 N–H and O–H groups in total. The Morgan fingerprint density at radius 2 is 1.85 bits per heavy atom. The predicted octanol–water partition coefficient (Wildman–Crippen LogP) is 4.78. The number of ketones is 1.